The van der Waals surface area contributed by atoms with Gasteiger partial charge in [0.25, 0.3) is 5.88 Å². The van der Waals surface area contributed by atoms with Gasteiger partial charge in [-0.05, 0) is 5.21 Å². The van der Waals surface area contributed by atoms with Gasteiger partial charge in [-0.1, -0.05) is 30.5 Å². The number of aromatic nitrogens is 3. The Bertz CT molecular complexity index is 555. The van der Waals surface area contributed by atoms with E-state index in [0.29, 0.717) is 0 Å². The lowest BCUT2D eigenvalue weighted by Crippen LogP contribution is -2.46. The molecule has 1 amide bonds. The number of hydrogen-bond acceptors (Lipinski definition) is 8. The van der Waals surface area contributed by atoms with Crippen LogP contribution in [0.2, 0.25) is 5.02 Å². The van der Waals surface area contributed by atoms with E-state index in [9.17, 15) is 14.7 Å². The van der Waals surface area contributed by atoms with Crippen molar-refractivity contribution in [1.29, 1.82) is 0 Å². The van der Waals surface area contributed by atoms with Crippen LogP contribution >= 0.6 is 11.6 Å². The summed E-state index contributed by atoms with van der Waals surface area (Å²) in [6.07, 6.45) is -0.128. The Morgan fingerprint density at radius 3 is 2.78 bits per heavy atom. The third kappa shape index (κ3) is 6.05. The molecule has 1 aromatic heterocycles. The fourth-order valence-corrected chi connectivity index (χ4v) is 1.56. The van der Waals surface area contributed by atoms with Crippen molar-refractivity contribution in [2.45, 2.75) is 26.4 Å². The largest absolute Gasteiger partial charge is 0.467 e. The molecule has 0 aliphatic carbocycles. The Labute approximate surface area is 138 Å². The molecule has 0 aliphatic rings. The number of ketones is 1. The first kappa shape index (κ1) is 19.2. The predicted octanol–water partition coefficient (Wildman–Crippen LogP) is -0.641. The molecule has 1 heterocycles. The van der Waals surface area contributed by atoms with Gasteiger partial charge in [0.05, 0.1) is 12.8 Å². The number of halogens is 1. The molecular formula is C13H19ClN4O5. The second-order valence-corrected chi connectivity index (χ2v) is 5.91. The lowest BCUT2D eigenvalue weighted by molar-refractivity contribution is -0.137. The molecule has 1 atom stereocenters. The van der Waals surface area contributed by atoms with Gasteiger partial charge in [-0.25, -0.2) is 0 Å². The number of carbonyl (C=O) groups is 2. The van der Waals surface area contributed by atoms with Gasteiger partial charge >= 0.3 is 0 Å². The fraction of sp³-hybridized carbons (Fsp3) is 0.615. The van der Waals surface area contributed by atoms with Crippen molar-refractivity contribution in [2.24, 2.45) is 5.41 Å². The number of rotatable bonds is 9. The van der Waals surface area contributed by atoms with Crippen molar-refractivity contribution in [3.63, 3.8) is 0 Å². The van der Waals surface area contributed by atoms with Crippen LogP contribution in [0, 0.1) is 5.41 Å². The fourth-order valence-electron chi connectivity index (χ4n) is 1.43. The van der Waals surface area contributed by atoms with Gasteiger partial charge in [0.1, 0.15) is 17.7 Å². The van der Waals surface area contributed by atoms with Gasteiger partial charge in [-0.2, -0.15) is 0 Å². The summed E-state index contributed by atoms with van der Waals surface area (Å²) in [6.45, 7) is 2.52. The Morgan fingerprint density at radius 1 is 1.48 bits per heavy atom. The topological polar surface area (TPSA) is 135 Å². The van der Waals surface area contributed by atoms with E-state index in [1.54, 1.807) is 13.8 Å². The van der Waals surface area contributed by atoms with Gasteiger partial charge in [0, 0.05) is 18.4 Å². The minimum atomic E-state index is -1.37. The summed E-state index contributed by atoms with van der Waals surface area (Å²) in [4.78, 5) is 23.3. The number of ether oxygens (including phenoxy) is 1. The standard InChI is InChI=1S/C13H19ClN4O5/c1-13(2,7-19)10(21)11(22)15-4-3-8(20)6-23-12-9(14)5-16-18-17-12/h5,10,19,21H,3-4,6-7H2,1-2H3,(H,15,22)/t10-/m0/s1. The highest BCUT2D eigenvalue weighted by atomic mass is 35.5. The number of aliphatic hydroxyl groups is 2. The van der Waals surface area contributed by atoms with E-state index in [-0.39, 0.29) is 42.9 Å². The maximum atomic E-state index is 11.7. The van der Waals surface area contributed by atoms with Crippen LogP contribution in [0.4, 0.5) is 0 Å². The highest BCUT2D eigenvalue weighted by molar-refractivity contribution is 6.31. The van der Waals surface area contributed by atoms with Crippen LogP contribution < -0.4 is 10.1 Å². The number of aliphatic hydroxyl groups excluding tert-OH is 2. The Balaban J connectivity index is 2.32. The summed E-state index contributed by atoms with van der Waals surface area (Å²) < 4.78 is 5.08. The van der Waals surface area contributed by atoms with Gasteiger partial charge in [0.15, 0.2) is 5.78 Å². The van der Waals surface area contributed by atoms with Crippen molar-refractivity contribution in [3.05, 3.63) is 11.2 Å². The third-order valence-electron chi connectivity index (χ3n) is 3.03. The first-order chi connectivity index (χ1) is 10.8. The highest BCUT2D eigenvalue weighted by Gasteiger charge is 2.32. The molecule has 0 unspecified atom stereocenters. The summed E-state index contributed by atoms with van der Waals surface area (Å²) in [6, 6.07) is 0. The molecule has 0 saturated heterocycles. The highest BCUT2D eigenvalue weighted by Crippen LogP contribution is 2.19. The number of carbonyl (C=O) groups excluding carboxylic acids is 2. The number of nitrogens with zero attached hydrogens (tertiary/aromatic N) is 3. The van der Waals surface area contributed by atoms with Crippen LogP contribution in [0.15, 0.2) is 6.20 Å². The van der Waals surface area contributed by atoms with Crippen LogP contribution in [-0.2, 0) is 9.59 Å². The quantitative estimate of drug-likeness (QED) is 0.537. The minimum absolute atomic E-state index is 0.000769. The number of Topliss-reactive ketones (excluding diaryl/α,β-unsaturated/α-hetero) is 1. The number of nitrogens with one attached hydrogen (secondary N) is 1. The monoisotopic (exact) mass is 346 g/mol. The summed E-state index contributed by atoms with van der Waals surface area (Å²) in [5.41, 5.74) is -0.964. The lowest BCUT2D eigenvalue weighted by atomic mass is 9.87. The van der Waals surface area contributed by atoms with Crippen LogP contribution in [-0.4, -0.2) is 63.2 Å². The van der Waals surface area contributed by atoms with Crippen LogP contribution in [0.3, 0.4) is 0 Å². The zero-order valence-corrected chi connectivity index (χ0v) is 13.6. The predicted molar refractivity (Wildman–Crippen MR) is 79.8 cm³/mol. The lowest BCUT2D eigenvalue weighted by Gasteiger charge is -2.27. The molecule has 0 fully saturated rings. The molecule has 3 N–H and O–H groups in total. The third-order valence-corrected chi connectivity index (χ3v) is 3.29. The Hall–Kier alpha value is -1.84. The maximum Gasteiger partial charge on any atom is 0.256 e. The van der Waals surface area contributed by atoms with Crippen LogP contribution in [0.1, 0.15) is 20.3 Å². The zero-order chi connectivity index (χ0) is 17.5. The number of hydrogen-bond donors (Lipinski definition) is 3. The first-order valence-corrected chi connectivity index (χ1v) is 7.20. The van der Waals surface area contributed by atoms with Crippen LogP contribution in [0.25, 0.3) is 0 Å². The van der Waals surface area contributed by atoms with E-state index in [0.717, 1.165) is 0 Å². The zero-order valence-electron chi connectivity index (χ0n) is 12.8. The maximum absolute atomic E-state index is 11.7. The molecule has 1 rings (SSSR count). The summed E-state index contributed by atoms with van der Waals surface area (Å²) >= 11 is 5.74. The molecule has 10 heteroatoms. The first-order valence-electron chi connectivity index (χ1n) is 6.83. The van der Waals surface area contributed by atoms with E-state index in [1.807, 2.05) is 0 Å². The molecule has 23 heavy (non-hydrogen) atoms. The molecule has 0 aliphatic heterocycles. The van der Waals surface area contributed by atoms with Crippen molar-refractivity contribution in [1.82, 2.24) is 20.7 Å². The Kier molecular flexibility index (Phi) is 7.27. The van der Waals surface area contributed by atoms with Gasteiger partial charge in [0.2, 0.25) is 5.91 Å². The molecule has 0 aromatic carbocycles. The molecule has 9 nitrogen and oxygen atoms in total. The van der Waals surface area contributed by atoms with E-state index in [2.05, 4.69) is 20.7 Å². The molecule has 0 spiro atoms. The number of amides is 1. The average Bonchev–Trinajstić information content (AvgIpc) is 2.53. The second-order valence-electron chi connectivity index (χ2n) is 5.50. The van der Waals surface area contributed by atoms with E-state index < -0.39 is 17.4 Å². The Morgan fingerprint density at radius 2 is 2.17 bits per heavy atom. The second kappa shape index (κ2) is 8.70. The van der Waals surface area contributed by atoms with Crippen molar-refractivity contribution in [3.8, 4) is 5.88 Å². The van der Waals surface area contributed by atoms with Crippen molar-refractivity contribution < 1.29 is 24.5 Å². The SMILES string of the molecule is CC(C)(CO)[C@@H](O)C(=O)NCCC(=O)COc1nnncc1Cl. The van der Waals surface area contributed by atoms with Gasteiger partial charge < -0.3 is 20.3 Å². The van der Waals surface area contributed by atoms with Gasteiger partial charge in [-0.3, -0.25) is 9.59 Å². The molecule has 128 valence electrons. The molecule has 0 bridgehead atoms. The van der Waals surface area contributed by atoms with Gasteiger partial charge in [-0.15, -0.1) is 5.10 Å². The van der Waals surface area contributed by atoms with Crippen molar-refractivity contribution >= 4 is 23.3 Å². The molecular weight excluding hydrogens is 328 g/mol. The van der Waals surface area contributed by atoms with Crippen LogP contribution in [0.5, 0.6) is 5.88 Å². The molecule has 0 saturated carbocycles. The van der Waals surface area contributed by atoms with E-state index in [4.69, 9.17) is 21.4 Å². The normalized spacial score (nSPS) is 12.6. The van der Waals surface area contributed by atoms with E-state index >= 15 is 0 Å². The molecule has 0 radical (unpaired) electrons. The van der Waals surface area contributed by atoms with Crippen molar-refractivity contribution in [2.75, 3.05) is 19.8 Å². The summed E-state index contributed by atoms with van der Waals surface area (Å²) in [7, 11) is 0. The van der Waals surface area contributed by atoms with E-state index in [1.165, 1.54) is 6.20 Å². The summed E-state index contributed by atoms with van der Waals surface area (Å²) in [5, 5.41) is 31.7. The smallest absolute Gasteiger partial charge is 0.256 e. The minimum Gasteiger partial charge on any atom is -0.467 e. The summed E-state index contributed by atoms with van der Waals surface area (Å²) in [5.74, 6) is -0.948. The molecule has 1 aromatic rings. The average molecular weight is 347 g/mol.